The summed E-state index contributed by atoms with van der Waals surface area (Å²) in [6, 6.07) is 11.1. The monoisotopic (exact) mass is 452 g/mol. The normalized spacial score (nSPS) is 11.9. The van der Waals surface area contributed by atoms with Crippen molar-refractivity contribution < 1.29 is 23.4 Å². The van der Waals surface area contributed by atoms with Crippen LogP contribution in [-0.4, -0.2) is 35.3 Å². The van der Waals surface area contributed by atoms with Crippen molar-refractivity contribution in [1.29, 1.82) is 0 Å². The van der Waals surface area contributed by atoms with E-state index in [9.17, 15) is 14.3 Å². The third-order valence-corrected chi connectivity index (χ3v) is 4.71. The van der Waals surface area contributed by atoms with Crippen LogP contribution in [0.1, 0.15) is 12.3 Å². The number of aliphatic hydroxyl groups is 1. The Hall–Kier alpha value is -2.61. The van der Waals surface area contributed by atoms with Crippen LogP contribution in [0.2, 0.25) is 10.0 Å². The number of rotatable bonds is 9. The number of nitrogens with one attached hydrogen (secondary N) is 1. The van der Waals surface area contributed by atoms with E-state index in [1.807, 2.05) is 12.1 Å². The van der Waals surface area contributed by atoms with Crippen molar-refractivity contribution in [2.75, 3.05) is 13.2 Å². The van der Waals surface area contributed by atoms with E-state index < -0.39 is 17.8 Å². The van der Waals surface area contributed by atoms with Gasteiger partial charge in [-0.3, -0.25) is 4.79 Å². The van der Waals surface area contributed by atoms with Crippen LogP contribution in [0, 0.1) is 5.82 Å². The molecule has 0 unspecified atom stereocenters. The molecule has 0 bridgehead atoms. The number of aromatic nitrogens is 1. The van der Waals surface area contributed by atoms with Gasteiger partial charge < -0.3 is 19.6 Å². The lowest BCUT2D eigenvalue weighted by molar-refractivity contribution is -0.123. The van der Waals surface area contributed by atoms with Crippen LogP contribution in [0.5, 0.6) is 5.75 Å². The van der Waals surface area contributed by atoms with Gasteiger partial charge in [-0.1, -0.05) is 23.2 Å². The topological polar surface area (TPSA) is 84.6 Å². The lowest BCUT2D eigenvalue weighted by atomic mass is 10.2. The second-order valence-electron chi connectivity index (χ2n) is 6.49. The van der Waals surface area contributed by atoms with Crippen molar-refractivity contribution in [3.05, 3.63) is 70.4 Å². The summed E-state index contributed by atoms with van der Waals surface area (Å²) < 4.78 is 24.2. The number of ether oxygens (including phenoxy) is 1. The molecule has 0 aliphatic heterocycles. The summed E-state index contributed by atoms with van der Waals surface area (Å²) in [5, 5.41) is 13.4. The van der Waals surface area contributed by atoms with Gasteiger partial charge in [0.15, 0.2) is 18.3 Å². The van der Waals surface area contributed by atoms with Gasteiger partial charge in [-0.25, -0.2) is 9.37 Å². The molecule has 0 spiro atoms. The summed E-state index contributed by atoms with van der Waals surface area (Å²) in [5.41, 5.74) is 0.834. The molecule has 1 aromatic heterocycles. The van der Waals surface area contributed by atoms with Crippen LogP contribution in [0.25, 0.3) is 11.3 Å². The number of halogens is 3. The van der Waals surface area contributed by atoms with E-state index in [2.05, 4.69) is 10.3 Å². The maximum atomic E-state index is 13.3. The van der Waals surface area contributed by atoms with Crippen LogP contribution >= 0.6 is 23.2 Å². The van der Waals surface area contributed by atoms with Gasteiger partial charge in [0.1, 0.15) is 11.6 Å². The minimum Gasteiger partial charge on any atom is -0.484 e. The van der Waals surface area contributed by atoms with E-state index in [4.69, 9.17) is 32.4 Å². The highest BCUT2D eigenvalue weighted by atomic mass is 35.5. The first-order valence-electron chi connectivity index (χ1n) is 9.14. The van der Waals surface area contributed by atoms with Crippen LogP contribution in [0.4, 0.5) is 4.39 Å². The zero-order valence-electron chi connectivity index (χ0n) is 15.8. The van der Waals surface area contributed by atoms with Crippen LogP contribution in [0.3, 0.4) is 0 Å². The second-order valence-corrected chi connectivity index (χ2v) is 7.33. The highest BCUT2D eigenvalue weighted by molar-refractivity contribution is 6.31. The third-order valence-electron chi connectivity index (χ3n) is 4.15. The number of carbonyl (C=O) groups is 1. The highest BCUT2D eigenvalue weighted by Crippen LogP contribution is 2.23. The van der Waals surface area contributed by atoms with E-state index in [1.165, 1.54) is 12.1 Å². The van der Waals surface area contributed by atoms with E-state index in [-0.39, 0.29) is 30.3 Å². The molecule has 1 amide bonds. The van der Waals surface area contributed by atoms with Crippen molar-refractivity contribution in [2.24, 2.45) is 0 Å². The maximum absolute atomic E-state index is 13.3. The Morgan fingerprint density at radius 1 is 1.23 bits per heavy atom. The predicted molar refractivity (Wildman–Crippen MR) is 111 cm³/mol. The summed E-state index contributed by atoms with van der Waals surface area (Å²) in [7, 11) is 0. The molecule has 9 heteroatoms. The molecule has 158 valence electrons. The largest absolute Gasteiger partial charge is 0.484 e. The minimum atomic E-state index is -0.742. The summed E-state index contributed by atoms with van der Waals surface area (Å²) in [6.07, 6.45) is 1.36. The molecule has 1 heterocycles. The molecule has 30 heavy (non-hydrogen) atoms. The zero-order chi connectivity index (χ0) is 21.5. The van der Waals surface area contributed by atoms with Crippen molar-refractivity contribution in [3.8, 4) is 17.1 Å². The van der Waals surface area contributed by atoms with Gasteiger partial charge in [0.2, 0.25) is 0 Å². The Morgan fingerprint density at radius 2 is 2.00 bits per heavy atom. The second kappa shape index (κ2) is 10.4. The average Bonchev–Trinajstić information content (AvgIpc) is 3.17. The molecule has 2 aromatic carbocycles. The third kappa shape index (κ3) is 6.45. The Labute approximate surface area is 182 Å². The van der Waals surface area contributed by atoms with Gasteiger partial charge in [0.05, 0.1) is 23.7 Å². The summed E-state index contributed by atoms with van der Waals surface area (Å²) in [4.78, 5) is 16.0. The Bertz CT molecular complexity index is 995. The number of carbonyl (C=O) groups excluding carboxylic acids is 1. The van der Waals surface area contributed by atoms with Crippen molar-refractivity contribution in [3.63, 3.8) is 0 Å². The maximum Gasteiger partial charge on any atom is 0.257 e. The molecular weight excluding hydrogens is 434 g/mol. The number of oxazole rings is 1. The summed E-state index contributed by atoms with van der Waals surface area (Å²) in [5.74, 6) is 0.166. The van der Waals surface area contributed by atoms with Gasteiger partial charge in [0, 0.05) is 23.2 Å². The lowest BCUT2D eigenvalue weighted by Crippen LogP contribution is -2.31. The zero-order valence-corrected chi connectivity index (χ0v) is 17.3. The van der Waals surface area contributed by atoms with Crippen molar-refractivity contribution in [1.82, 2.24) is 10.3 Å². The van der Waals surface area contributed by atoms with Gasteiger partial charge >= 0.3 is 0 Å². The lowest BCUT2D eigenvalue weighted by Gasteiger charge is -2.10. The van der Waals surface area contributed by atoms with Crippen LogP contribution in [-0.2, 0) is 11.2 Å². The van der Waals surface area contributed by atoms with Gasteiger partial charge in [-0.2, -0.15) is 0 Å². The number of hydrogen-bond donors (Lipinski definition) is 2. The fraction of sp³-hybridized carbons (Fsp3) is 0.238. The SMILES string of the molecule is O=C(COc1ccc(Cl)c(F)c1)NCC[C@@H](O)Cc1ncc(-c2ccc(Cl)cc2)o1. The number of aliphatic hydroxyl groups excluding tert-OH is 1. The first-order valence-corrected chi connectivity index (χ1v) is 9.89. The molecular formula is C21H19Cl2FN2O4. The average molecular weight is 453 g/mol. The Balaban J connectivity index is 1.38. The van der Waals surface area contributed by atoms with E-state index in [1.54, 1.807) is 18.3 Å². The number of nitrogens with zero attached hydrogens (tertiary/aromatic N) is 1. The van der Waals surface area contributed by atoms with Crippen molar-refractivity contribution in [2.45, 2.75) is 18.9 Å². The summed E-state index contributed by atoms with van der Waals surface area (Å²) in [6.45, 7) is -0.0373. The number of amides is 1. The smallest absolute Gasteiger partial charge is 0.257 e. The molecule has 0 saturated heterocycles. The number of benzene rings is 2. The first-order chi connectivity index (χ1) is 14.4. The summed E-state index contributed by atoms with van der Waals surface area (Å²) >= 11 is 11.5. The number of hydrogen-bond acceptors (Lipinski definition) is 5. The van der Waals surface area contributed by atoms with Gasteiger partial charge in [-0.15, -0.1) is 0 Å². The highest BCUT2D eigenvalue weighted by Gasteiger charge is 2.13. The van der Waals surface area contributed by atoms with Crippen LogP contribution in [0.15, 0.2) is 53.1 Å². The predicted octanol–water partition coefficient (Wildman–Crippen LogP) is 4.28. The molecule has 6 nitrogen and oxygen atoms in total. The van der Waals surface area contributed by atoms with E-state index in [0.29, 0.717) is 23.1 Å². The molecule has 0 aliphatic rings. The van der Waals surface area contributed by atoms with Crippen molar-refractivity contribution >= 4 is 29.1 Å². The quantitative estimate of drug-likeness (QED) is 0.506. The minimum absolute atomic E-state index is 0.0212. The first kappa shape index (κ1) is 22.1. The Kier molecular flexibility index (Phi) is 7.68. The molecule has 2 N–H and O–H groups in total. The molecule has 3 rings (SSSR count). The fourth-order valence-electron chi connectivity index (χ4n) is 2.60. The fourth-order valence-corrected chi connectivity index (χ4v) is 2.84. The molecule has 0 radical (unpaired) electrons. The standard InChI is InChI=1S/C21H19Cl2FN2O4/c22-14-3-1-13(2-4-14)19-11-26-21(30-19)9-15(27)7-8-25-20(28)12-29-16-5-6-17(23)18(24)10-16/h1-6,10-11,15,27H,7-9,12H2,(H,25,28)/t15-/m1/s1. The molecule has 1 atom stereocenters. The van der Waals surface area contributed by atoms with Crippen LogP contribution < -0.4 is 10.1 Å². The van der Waals surface area contributed by atoms with E-state index >= 15 is 0 Å². The molecule has 0 saturated carbocycles. The molecule has 3 aromatic rings. The van der Waals surface area contributed by atoms with E-state index in [0.717, 1.165) is 11.6 Å². The molecule has 0 aliphatic carbocycles. The molecule has 0 fully saturated rings. The van der Waals surface area contributed by atoms with Gasteiger partial charge in [-0.05, 0) is 42.8 Å². The Morgan fingerprint density at radius 3 is 2.73 bits per heavy atom. The van der Waals surface area contributed by atoms with Gasteiger partial charge in [0.25, 0.3) is 5.91 Å².